The van der Waals surface area contributed by atoms with Gasteiger partial charge in [0.05, 0.1) is 0 Å². The van der Waals surface area contributed by atoms with Crippen LogP contribution < -0.4 is 5.73 Å². The summed E-state index contributed by atoms with van der Waals surface area (Å²) in [6, 6.07) is 1.83. The van der Waals surface area contributed by atoms with Crippen LogP contribution in [0.2, 0.25) is 0 Å². The molecule has 10 heavy (non-hydrogen) atoms. The first-order valence-corrected chi connectivity index (χ1v) is 4.61. The van der Waals surface area contributed by atoms with E-state index in [-0.39, 0.29) is 0 Å². The van der Waals surface area contributed by atoms with Gasteiger partial charge in [-0.05, 0) is 27.6 Å². The number of nitrogens with zero attached hydrogens (tertiary/aromatic N) is 1. The Morgan fingerprint density at radius 3 is 2.80 bits per heavy atom. The van der Waals surface area contributed by atoms with E-state index in [1.54, 1.807) is 6.20 Å². The van der Waals surface area contributed by atoms with Crippen LogP contribution in [-0.4, -0.2) is 4.98 Å². The first-order valence-electron chi connectivity index (χ1n) is 2.70. The Kier molecular flexibility index (Phi) is 2.68. The summed E-state index contributed by atoms with van der Waals surface area (Å²) in [5, 5.41) is 0.792. The maximum atomic E-state index is 5.45. The van der Waals surface area contributed by atoms with Crippen LogP contribution in [0.5, 0.6) is 0 Å². The van der Waals surface area contributed by atoms with Crippen LogP contribution >= 0.6 is 31.9 Å². The van der Waals surface area contributed by atoms with Crippen molar-refractivity contribution < 1.29 is 0 Å². The van der Waals surface area contributed by atoms with Gasteiger partial charge in [0.15, 0.2) is 0 Å². The molecular formula is C6H6Br2N2. The minimum Gasteiger partial charge on any atom is -0.384 e. The molecule has 4 heteroatoms. The van der Waals surface area contributed by atoms with E-state index in [1.165, 1.54) is 0 Å². The van der Waals surface area contributed by atoms with Crippen molar-refractivity contribution >= 4 is 37.7 Å². The zero-order valence-corrected chi connectivity index (χ0v) is 8.31. The van der Waals surface area contributed by atoms with E-state index in [0.717, 1.165) is 15.4 Å². The van der Waals surface area contributed by atoms with Crippen molar-refractivity contribution in [3.8, 4) is 0 Å². The zero-order chi connectivity index (χ0) is 7.56. The zero-order valence-electron chi connectivity index (χ0n) is 5.14. The summed E-state index contributed by atoms with van der Waals surface area (Å²) >= 11 is 6.67. The van der Waals surface area contributed by atoms with Crippen LogP contribution in [-0.2, 0) is 5.33 Å². The Hall–Kier alpha value is -0.0900. The molecule has 2 N–H and O–H groups in total. The standard InChI is InChI=1S/C6H6Br2N2/c7-2-4-1-6(9)10-3-5(4)8/h1,3H,2H2,(H2,9,10). The number of pyridine rings is 1. The van der Waals surface area contributed by atoms with Crippen molar-refractivity contribution in [2.24, 2.45) is 0 Å². The fourth-order valence-electron chi connectivity index (χ4n) is 0.601. The molecule has 1 aromatic heterocycles. The van der Waals surface area contributed by atoms with Crippen molar-refractivity contribution in [1.29, 1.82) is 0 Å². The molecule has 0 bridgehead atoms. The van der Waals surface area contributed by atoms with Gasteiger partial charge in [0.25, 0.3) is 0 Å². The Morgan fingerprint density at radius 1 is 1.60 bits per heavy atom. The second kappa shape index (κ2) is 3.34. The highest BCUT2D eigenvalue weighted by Crippen LogP contribution is 2.19. The summed E-state index contributed by atoms with van der Waals surface area (Å²) in [4.78, 5) is 3.90. The molecule has 2 nitrogen and oxygen atoms in total. The second-order valence-electron chi connectivity index (χ2n) is 1.83. The summed E-state index contributed by atoms with van der Waals surface area (Å²) in [7, 11) is 0. The van der Waals surface area contributed by atoms with Gasteiger partial charge in [-0.25, -0.2) is 4.98 Å². The van der Waals surface area contributed by atoms with Gasteiger partial charge >= 0.3 is 0 Å². The smallest absolute Gasteiger partial charge is 0.123 e. The van der Waals surface area contributed by atoms with Crippen molar-refractivity contribution in [3.05, 3.63) is 22.3 Å². The average molecular weight is 266 g/mol. The third-order valence-electron chi connectivity index (χ3n) is 1.10. The molecule has 0 aliphatic carbocycles. The molecule has 0 spiro atoms. The summed E-state index contributed by atoms with van der Waals surface area (Å²) in [6.45, 7) is 0. The normalized spacial score (nSPS) is 9.80. The first-order chi connectivity index (χ1) is 4.74. The lowest BCUT2D eigenvalue weighted by Gasteiger charge is -1.98. The number of nitrogens with two attached hydrogens (primary N) is 1. The molecule has 0 amide bonds. The van der Waals surface area contributed by atoms with Gasteiger partial charge in [0.1, 0.15) is 5.82 Å². The van der Waals surface area contributed by atoms with Gasteiger partial charge in [-0.15, -0.1) is 0 Å². The van der Waals surface area contributed by atoms with Gasteiger partial charge in [0.2, 0.25) is 0 Å². The van der Waals surface area contributed by atoms with Gasteiger partial charge in [-0.3, -0.25) is 0 Å². The third-order valence-corrected chi connectivity index (χ3v) is 2.42. The Labute approximate surface area is 76.1 Å². The van der Waals surface area contributed by atoms with E-state index in [1.807, 2.05) is 6.07 Å². The van der Waals surface area contributed by atoms with Crippen LogP contribution in [0.25, 0.3) is 0 Å². The molecule has 0 atom stereocenters. The molecule has 0 radical (unpaired) electrons. The van der Waals surface area contributed by atoms with E-state index in [4.69, 9.17) is 5.73 Å². The van der Waals surface area contributed by atoms with E-state index >= 15 is 0 Å². The van der Waals surface area contributed by atoms with Crippen LogP contribution in [0.15, 0.2) is 16.7 Å². The minimum absolute atomic E-state index is 0.553. The predicted octanol–water partition coefficient (Wildman–Crippen LogP) is 2.32. The lowest BCUT2D eigenvalue weighted by molar-refractivity contribution is 1.26. The number of alkyl halides is 1. The molecule has 0 aliphatic heterocycles. The number of hydrogen-bond donors (Lipinski definition) is 1. The van der Waals surface area contributed by atoms with E-state index in [0.29, 0.717) is 5.82 Å². The highest BCUT2D eigenvalue weighted by atomic mass is 79.9. The Morgan fingerprint density at radius 2 is 2.30 bits per heavy atom. The monoisotopic (exact) mass is 264 g/mol. The Bertz CT molecular complexity index is 237. The fraction of sp³-hybridized carbons (Fsp3) is 0.167. The molecule has 54 valence electrons. The average Bonchev–Trinajstić information content (AvgIpc) is 1.94. The third kappa shape index (κ3) is 1.70. The molecular weight excluding hydrogens is 260 g/mol. The molecule has 0 fully saturated rings. The summed E-state index contributed by atoms with van der Waals surface area (Å²) < 4.78 is 0.985. The summed E-state index contributed by atoms with van der Waals surface area (Å²) in [5.41, 5.74) is 6.57. The summed E-state index contributed by atoms with van der Waals surface area (Å²) in [5.74, 6) is 0.553. The van der Waals surface area contributed by atoms with Gasteiger partial charge in [-0.2, -0.15) is 0 Å². The number of rotatable bonds is 1. The Balaban J connectivity index is 3.09. The van der Waals surface area contributed by atoms with Crippen molar-refractivity contribution in [2.45, 2.75) is 5.33 Å². The van der Waals surface area contributed by atoms with Crippen LogP contribution in [0.1, 0.15) is 5.56 Å². The fourth-order valence-corrected chi connectivity index (χ4v) is 1.80. The maximum Gasteiger partial charge on any atom is 0.123 e. The molecule has 0 saturated carbocycles. The van der Waals surface area contributed by atoms with Gasteiger partial charge in [0, 0.05) is 16.0 Å². The van der Waals surface area contributed by atoms with Crippen molar-refractivity contribution in [1.82, 2.24) is 4.98 Å². The number of aromatic nitrogens is 1. The summed E-state index contributed by atoms with van der Waals surface area (Å²) in [6.07, 6.45) is 1.70. The maximum absolute atomic E-state index is 5.45. The number of halogens is 2. The number of hydrogen-bond acceptors (Lipinski definition) is 2. The highest BCUT2D eigenvalue weighted by Gasteiger charge is 1.97. The number of nitrogen functional groups attached to an aromatic ring is 1. The lowest BCUT2D eigenvalue weighted by Crippen LogP contribution is -1.91. The highest BCUT2D eigenvalue weighted by molar-refractivity contribution is 9.10. The SMILES string of the molecule is Nc1cc(CBr)c(Br)cn1. The lowest BCUT2D eigenvalue weighted by atomic mass is 10.3. The molecule has 0 aromatic carbocycles. The molecule has 0 aliphatic rings. The first kappa shape index (κ1) is 8.01. The molecule has 0 saturated heterocycles. The number of anilines is 1. The van der Waals surface area contributed by atoms with E-state index in [9.17, 15) is 0 Å². The predicted molar refractivity (Wildman–Crippen MR) is 49.0 cm³/mol. The second-order valence-corrected chi connectivity index (χ2v) is 3.25. The van der Waals surface area contributed by atoms with Crippen molar-refractivity contribution in [2.75, 3.05) is 5.73 Å². The van der Waals surface area contributed by atoms with Crippen LogP contribution in [0, 0.1) is 0 Å². The molecule has 1 rings (SSSR count). The minimum atomic E-state index is 0.553. The molecule has 1 aromatic rings. The quantitative estimate of drug-likeness (QED) is 0.792. The van der Waals surface area contributed by atoms with E-state index < -0.39 is 0 Å². The van der Waals surface area contributed by atoms with Gasteiger partial charge in [-0.1, -0.05) is 15.9 Å². The van der Waals surface area contributed by atoms with Gasteiger partial charge < -0.3 is 5.73 Å². The molecule has 0 unspecified atom stereocenters. The van der Waals surface area contributed by atoms with Crippen LogP contribution in [0.4, 0.5) is 5.82 Å². The van der Waals surface area contributed by atoms with E-state index in [2.05, 4.69) is 36.8 Å². The van der Waals surface area contributed by atoms with Crippen LogP contribution in [0.3, 0.4) is 0 Å². The van der Waals surface area contributed by atoms with Crippen molar-refractivity contribution in [3.63, 3.8) is 0 Å². The molecule has 1 heterocycles. The largest absolute Gasteiger partial charge is 0.384 e. The topological polar surface area (TPSA) is 38.9 Å².